The summed E-state index contributed by atoms with van der Waals surface area (Å²) in [5, 5.41) is 23.8. The van der Waals surface area contributed by atoms with Gasteiger partial charge in [-0.2, -0.15) is 0 Å². The summed E-state index contributed by atoms with van der Waals surface area (Å²) in [4.78, 5) is 26.2. The highest BCUT2D eigenvalue weighted by molar-refractivity contribution is 5.77. The molecule has 3 N–H and O–H groups in total. The molecule has 0 aromatic heterocycles. The van der Waals surface area contributed by atoms with Crippen LogP contribution in [-0.2, 0) is 14.3 Å². The van der Waals surface area contributed by atoms with Gasteiger partial charge >= 0.3 is 5.97 Å². The molecule has 0 aliphatic carbocycles. The van der Waals surface area contributed by atoms with E-state index in [1.807, 2.05) is 24.3 Å². The zero-order valence-electron chi connectivity index (χ0n) is 42.4. The molecule has 6 nitrogen and oxygen atoms in total. The van der Waals surface area contributed by atoms with Crippen molar-refractivity contribution in [3.63, 3.8) is 0 Å². The summed E-state index contributed by atoms with van der Waals surface area (Å²) in [7, 11) is 0. The van der Waals surface area contributed by atoms with Gasteiger partial charge in [0.15, 0.2) is 0 Å². The van der Waals surface area contributed by atoms with Gasteiger partial charge < -0.3 is 20.3 Å². The third-order valence-corrected chi connectivity index (χ3v) is 12.4. The number of allylic oxidation sites excluding steroid dienone is 10. The minimum Gasteiger partial charge on any atom is -0.462 e. The molecule has 0 fully saturated rings. The van der Waals surface area contributed by atoms with E-state index < -0.39 is 18.2 Å². The first-order valence-corrected chi connectivity index (χ1v) is 27.6. The van der Waals surface area contributed by atoms with Gasteiger partial charge in [0.05, 0.1) is 25.2 Å². The summed E-state index contributed by atoms with van der Waals surface area (Å²) in [5.41, 5.74) is 0. The lowest BCUT2D eigenvalue weighted by molar-refractivity contribution is -0.151. The second-order valence-corrected chi connectivity index (χ2v) is 18.7. The Morgan fingerprint density at radius 1 is 0.469 bits per heavy atom. The molecule has 0 aromatic carbocycles. The molecule has 0 bridgehead atoms. The molecule has 1 amide bonds. The van der Waals surface area contributed by atoms with Crippen molar-refractivity contribution in [3.05, 3.63) is 60.8 Å². The van der Waals surface area contributed by atoms with Crippen LogP contribution in [0.3, 0.4) is 0 Å². The number of carbonyl (C=O) groups excluding carboxylic acids is 2. The van der Waals surface area contributed by atoms with Crippen LogP contribution in [0, 0.1) is 0 Å². The van der Waals surface area contributed by atoms with Crippen LogP contribution in [0.5, 0.6) is 0 Å². The molecule has 3 unspecified atom stereocenters. The van der Waals surface area contributed by atoms with Crippen molar-refractivity contribution < 1.29 is 24.5 Å². The Hall–Kier alpha value is -2.44. The Balaban J connectivity index is 4.58. The standard InChI is InChI=1S/C58H105NO5/c1-4-7-10-13-16-19-22-25-27-28-30-33-36-39-42-45-48-51-58(63)64-54(49-46-43-40-37-34-31-24-21-18-15-12-9-6-3)52-57(62)59-55(53-60)56(61)50-47-44-41-38-35-32-29-26-23-20-17-14-11-8-5-2/h9,12,15,18,21,24-25,27,31,34,54-56,60-61H,4-8,10-11,13-14,16-17,19-20,22-23,26,28-30,32-33,35-53H2,1-3H3,(H,59,62)/b12-9+,18-15+,24-21+,27-25+,34-31-. The highest BCUT2D eigenvalue weighted by Crippen LogP contribution is 2.18. The van der Waals surface area contributed by atoms with Crippen molar-refractivity contribution in [1.82, 2.24) is 5.32 Å². The van der Waals surface area contributed by atoms with Crippen LogP contribution in [0.25, 0.3) is 0 Å². The van der Waals surface area contributed by atoms with Crippen LogP contribution in [0.4, 0.5) is 0 Å². The second-order valence-electron chi connectivity index (χ2n) is 18.7. The first kappa shape index (κ1) is 61.6. The van der Waals surface area contributed by atoms with Crippen LogP contribution in [-0.4, -0.2) is 46.9 Å². The third-order valence-electron chi connectivity index (χ3n) is 12.4. The molecule has 0 saturated carbocycles. The zero-order chi connectivity index (χ0) is 46.7. The van der Waals surface area contributed by atoms with Gasteiger partial charge in [0.1, 0.15) is 6.10 Å². The zero-order valence-corrected chi connectivity index (χ0v) is 42.4. The van der Waals surface area contributed by atoms with Crippen LogP contribution in [0.2, 0.25) is 0 Å². The number of esters is 1. The number of hydrogen-bond acceptors (Lipinski definition) is 5. The summed E-state index contributed by atoms with van der Waals surface area (Å²) in [5.74, 6) is -0.513. The Morgan fingerprint density at radius 3 is 1.34 bits per heavy atom. The molecular weight excluding hydrogens is 791 g/mol. The maximum absolute atomic E-state index is 13.2. The van der Waals surface area contributed by atoms with E-state index in [-0.39, 0.29) is 24.9 Å². The van der Waals surface area contributed by atoms with E-state index in [4.69, 9.17) is 4.74 Å². The van der Waals surface area contributed by atoms with E-state index in [9.17, 15) is 19.8 Å². The van der Waals surface area contributed by atoms with Crippen LogP contribution in [0.15, 0.2) is 60.8 Å². The topological polar surface area (TPSA) is 95.9 Å². The minimum absolute atomic E-state index is 0.0494. The molecule has 3 atom stereocenters. The molecule has 6 heteroatoms. The maximum atomic E-state index is 13.2. The first-order chi connectivity index (χ1) is 31.5. The van der Waals surface area contributed by atoms with Gasteiger partial charge in [-0.05, 0) is 70.6 Å². The minimum atomic E-state index is -0.801. The van der Waals surface area contributed by atoms with Crippen molar-refractivity contribution in [2.75, 3.05) is 6.61 Å². The fourth-order valence-electron chi connectivity index (χ4n) is 8.26. The average molecular weight is 896 g/mol. The number of rotatable bonds is 49. The van der Waals surface area contributed by atoms with E-state index in [0.717, 1.165) is 70.6 Å². The second kappa shape index (κ2) is 51.5. The number of amides is 1. The Bertz CT molecular complexity index is 1140. The molecule has 0 saturated heterocycles. The first-order valence-electron chi connectivity index (χ1n) is 27.6. The van der Waals surface area contributed by atoms with E-state index >= 15 is 0 Å². The third kappa shape index (κ3) is 46.1. The number of aliphatic hydroxyl groups excluding tert-OH is 2. The summed E-state index contributed by atoms with van der Waals surface area (Å²) in [6.45, 7) is 6.35. The Labute approximate surface area is 397 Å². The molecule has 0 aliphatic rings. The van der Waals surface area contributed by atoms with Crippen LogP contribution >= 0.6 is 0 Å². The summed E-state index contributed by atoms with van der Waals surface area (Å²) in [6.07, 6.45) is 64.3. The fraction of sp³-hybridized carbons (Fsp3) is 0.793. The molecule has 0 radical (unpaired) electrons. The van der Waals surface area contributed by atoms with E-state index in [2.05, 4.69) is 62.5 Å². The van der Waals surface area contributed by atoms with Gasteiger partial charge in [0.25, 0.3) is 0 Å². The molecule has 0 aromatic rings. The summed E-state index contributed by atoms with van der Waals surface area (Å²) < 4.78 is 5.93. The van der Waals surface area contributed by atoms with Gasteiger partial charge in [0.2, 0.25) is 5.91 Å². The van der Waals surface area contributed by atoms with Gasteiger partial charge in [-0.15, -0.1) is 0 Å². The van der Waals surface area contributed by atoms with Crippen molar-refractivity contribution in [3.8, 4) is 0 Å². The lowest BCUT2D eigenvalue weighted by atomic mass is 10.0. The van der Waals surface area contributed by atoms with Crippen LogP contribution < -0.4 is 5.32 Å². The highest BCUT2D eigenvalue weighted by Gasteiger charge is 2.24. The number of unbranched alkanes of at least 4 members (excludes halogenated alkanes) is 30. The predicted octanol–water partition coefficient (Wildman–Crippen LogP) is 16.8. The summed E-state index contributed by atoms with van der Waals surface area (Å²) >= 11 is 0. The van der Waals surface area contributed by atoms with Crippen molar-refractivity contribution in [1.29, 1.82) is 0 Å². The lowest BCUT2D eigenvalue weighted by Crippen LogP contribution is -2.46. The lowest BCUT2D eigenvalue weighted by Gasteiger charge is -2.24. The smallest absolute Gasteiger partial charge is 0.306 e. The van der Waals surface area contributed by atoms with E-state index in [0.29, 0.717) is 19.3 Å². The average Bonchev–Trinajstić information content (AvgIpc) is 3.29. The van der Waals surface area contributed by atoms with Crippen LogP contribution in [0.1, 0.15) is 271 Å². The number of hydrogen-bond donors (Lipinski definition) is 3. The van der Waals surface area contributed by atoms with E-state index in [1.165, 1.54) is 154 Å². The molecule has 64 heavy (non-hydrogen) atoms. The largest absolute Gasteiger partial charge is 0.462 e. The molecule has 0 rings (SSSR count). The molecule has 0 spiro atoms. The number of carbonyl (C=O) groups is 2. The van der Waals surface area contributed by atoms with Crippen molar-refractivity contribution in [2.24, 2.45) is 0 Å². The molecular formula is C58H105NO5. The Kier molecular flexibility index (Phi) is 49.6. The van der Waals surface area contributed by atoms with E-state index in [1.54, 1.807) is 0 Å². The number of nitrogens with one attached hydrogen (secondary N) is 1. The Morgan fingerprint density at radius 2 is 0.859 bits per heavy atom. The number of aliphatic hydroxyl groups is 2. The normalized spacial score (nSPS) is 13.6. The molecule has 0 aliphatic heterocycles. The number of ether oxygens (including phenoxy) is 1. The van der Waals surface area contributed by atoms with Gasteiger partial charge in [-0.1, -0.05) is 248 Å². The van der Waals surface area contributed by atoms with Gasteiger partial charge in [0, 0.05) is 6.42 Å². The molecule has 372 valence electrons. The monoisotopic (exact) mass is 896 g/mol. The predicted molar refractivity (Wildman–Crippen MR) is 278 cm³/mol. The van der Waals surface area contributed by atoms with Gasteiger partial charge in [-0.25, -0.2) is 0 Å². The summed E-state index contributed by atoms with van der Waals surface area (Å²) in [6, 6.07) is -0.717. The molecule has 0 heterocycles. The van der Waals surface area contributed by atoms with Crippen molar-refractivity contribution in [2.45, 2.75) is 289 Å². The van der Waals surface area contributed by atoms with Crippen molar-refractivity contribution >= 4 is 11.9 Å². The maximum Gasteiger partial charge on any atom is 0.306 e. The fourth-order valence-corrected chi connectivity index (χ4v) is 8.26. The quantitative estimate of drug-likeness (QED) is 0.0245. The van der Waals surface area contributed by atoms with Gasteiger partial charge in [-0.3, -0.25) is 9.59 Å². The highest BCUT2D eigenvalue weighted by atomic mass is 16.5. The SMILES string of the molecule is CC/C=C/C=C/C=C/C=C\CCCCCC(CC(=O)NC(CO)C(O)CCCCCCCCCCCCCCCCC)OC(=O)CCCCCCCCC/C=C/CCCCCCCC.